The highest BCUT2D eigenvalue weighted by Crippen LogP contribution is 2.21. The van der Waals surface area contributed by atoms with E-state index in [1.54, 1.807) is 6.92 Å². The summed E-state index contributed by atoms with van der Waals surface area (Å²) < 4.78 is 0. The maximum atomic E-state index is 11.0. The average molecular weight is 272 g/mol. The SMILES string of the molecule is CC(C(=O)O)C(C)N1CCCC(CNCC(=O)O)C1. The van der Waals surface area contributed by atoms with Gasteiger partial charge in [-0.15, -0.1) is 0 Å². The molecule has 0 aliphatic carbocycles. The first-order valence-corrected chi connectivity index (χ1v) is 6.81. The van der Waals surface area contributed by atoms with E-state index in [2.05, 4.69) is 10.2 Å². The molecule has 0 radical (unpaired) electrons. The van der Waals surface area contributed by atoms with Gasteiger partial charge in [0.15, 0.2) is 0 Å². The molecular formula is C13H24N2O4. The van der Waals surface area contributed by atoms with Gasteiger partial charge in [-0.3, -0.25) is 14.5 Å². The number of carbonyl (C=O) groups is 2. The Hall–Kier alpha value is -1.14. The van der Waals surface area contributed by atoms with E-state index in [0.29, 0.717) is 12.5 Å². The van der Waals surface area contributed by atoms with Crippen molar-refractivity contribution in [2.75, 3.05) is 26.2 Å². The van der Waals surface area contributed by atoms with Crippen molar-refractivity contribution in [1.29, 1.82) is 0 Å². The van der Waals surface area contributed by atoms with Crippen LogP contribution in [0.3, 0.4) is 0 Å². The van der Waals surface area contributed by atoms with Gasteiger partial charge >= 0.3 is 11.9 Å². The quantitative estimate of drug-likeness (QED) is 0.624. The van der Waals surface area contributed by atoms with Gasteiger partial charge in [-0.25, -0.2) is 0 Å². The summed E-state index contributed by atoms with van der Waals surface area (Å²) in [5.41, 5.74) is 0. The normalized spacial score (nSPS) is 23.8. The molecule has 3 atom stereocenters. The molecule has 3 N–H and O–H groups in total. The first-order chi connectivity index (χ1) is 8.91. The zero-order valence-electron chi connectivity index (χ0n) is 11.6. The lowest BCUT2D eigenvalue weighted by atomic mass is 9.93. The molecule has 0 saturated carbocycles. The maximum Gasteiger partial charge on any atom is 0.317 e. The monoisotopic (exact) mass is 272 g/mol. The smallest absolute Gasteiger partial charge is 0.317 e. The summed E-state index contributed by atoms with van der Waals surface area (Å²) in [4.78, 5) is 23.7. The third-order valence-corrected chi connectivity index (χ3v) is 3.95. The molecule has 1 rings (SSSR count). The molecule has 6 heteroatoms. The lowest BCUT2D eigenvalue weighted by Crippen LogP contribution is -2.47. The van der Waals surface area contributed by atoms with Gasteiger partial charge in [0.1, 0.15) is 0 Å². The van der Waals surface area contributed by atoms with Gasteiger partial charge in [0.05, 0.1) is 12.5 Å². The second kappa shape index (κ2) is 7.45. The largest absolute Gasteiger partial charge is 0.481 e. The molecule has 1 fully saturated rings. The Labute approximate surface area is 113 Å². The third kappa shape index (κ3) is 5.16. The first-order valence-electron chi connectivity index (χ1n) is 6.81. The molecule has 0 aromatic carbocycles. The molecule has 19 heavy (non-hydrogen) atoms. The number of piperidine rings is 1. The van der Waals surface area contributed by atoms with Gasteiger partial charge < -0.3 is 15.5 Å². The Morgan fingerprint density at radius 3 is 2.63 bits per heavy atom. The standard InChI is InChI=1S/C13H24N2O4/c1-9(13(18)19)10(2)15-5-3-4-11(8-15)6-14-7-12(16)17/h9-11,14H,3-8H2,1-2H3,(H,16,17)(H,18,19). The lowest BCUT2D eigenvalue weighted by molar-refractivity contribution is -0.143. The Kier molecular flexibility index (Phi) is 6.24. The van der Waals surface area contributed by atoms with E-state index < -0.39 is 11.9 Å². The van der Waals surface area contributed by atoms with E-state index in [1.807, 2.05) is 6.92 Å². The van der Waals surface area contributed by atoms with Crippen LogP contribution >= 0.6 is 0 Å². The van der Waals surface area contributed by atoms with Crippen molar-refractivity contribution >= 4 is 11.9 Å². The zero-order valence-corrected chi connectivity index (χ0v) is 11.6. The Balaban J connectivity index is 2.41. The molecule has 0 bridgehead atoms. The number of likely N-dealkylation sites (tertiary alicyclic amines) is 1. The molecule has 1 aliphatic rings. The van der Waals surface area contributed by atoms with Crippen LogP contribution in [0.25, 0.3) is 0 Å². The van der Waals surface area contributed by atoms with Gasteiger partial charge in [0.25, 0.3) is 0 Å². The van der Waals surface area contributed by atoms with E-state index in [4.69, 9.17) is 10.2 Å². The number of rotatable bonds is 7. The number of carboxylic acid groups (broad SMARTS) is 2. The van der Waals surface area contributed by atoms with Crippen LogP contribution in [-0.2, 0) is 9.59 Å². The van der Waals surface area contributed by atoms with E-state index in [1.165, 1.54) is 0 Å². The summed E-state index contributed by atoms with van der Waals surface area (Å²) in [6.45, 7) is 6.11. The van der Waals surface area contributed by atoms with Crippen LogP contribution < -0.4 is 5.32 Å². The predicted octanol–water partition coefficient (Wildman–Crippen LogP) is 0.482. The fourth-order valence-electron chi connectivity index (χ4n) is 2.54. The Morgan fingerprint density at radius 1 is 1.37 bits per heavy atom. The summed E-state index contributed by atoms with van der Waals surface area (Å²) in [5.74, 6) is -1.60. The highest BCUT2D eigenvalue weighted by molar-refractivity contribution is 5.70. The van der Waals surface area contributed by atoms with E-state index >= 15 is 0 Å². The van der Waals surface area contributed by atoms with E-state index in [9.17, 15) is 9.59 Å². The molecule has 0 spiro atoms. The van der Waals surface area contributed by atoms with Crippen LogP contribution in [0.2, 0.25) is 0 Å². The number of nitrogens with zero attached hydrogens (tertiary/aromatic N) is 1. The van der Waals surface area contributed by atoms with Crippen molar-refractivity contribution in [1.82, 2.24) is 10.2 Å². The number of hydrogen-bond acceptors (Lipinski definition) is 4. The molecule has 1 heterocycles. The van der Waals surface area contributed by atoms with Gasteiger partial charge in [-0.2, -0.15) is 0 Å². The molecule has 0 amide bonds. The number of nitrogens with one attached hydrogen (secondary N) is 1. The first kappa shape index (κ1) is 15.9. The Morgan fingerprint density at radius 2 is 2.05 bits per heavy atom. The van der Waals surface area contributed by atoms with E-state index in [-0.39, 0.29) is 18.5 Å². The van der Waals surface area contributed by atoms with Crippen LogP contribution in [0.5, 0.6) is 0 Å². The van der Waals surface area contributed by atoms with Crippen LogP contribution in [0.15, 0.2) is 0 Å². The van der Waals surface area contributed by atoms with Crippen molar-refractivity contribution in [2.45, 2.75) is 32.7 Å². The fourth-order valence-corrected chi connectivity index (χ4v) is 2.54. The van der Waals surface area contributed by atoms with Crippen LogP contribution in [0.1, 0.15) is 26.7 Å². The van der Waals surface area contributed by atoms with Gasteiger partial charge in [0.2, 0.25) is 0 Å². The Bertz CT molecular complexity index is 322. The van der Waals surface area contributed by atoms with Gasteiger partial charge in [-0.1, -0.05) is 6.92 Å². The van der Waals surface area contributed by atoms with Crippen molar-refractivity contribution in [2.24, 2.45) is 11.8 Å². The minimum Gasteiger partial charge on any atom is -0.481 e. The molecule has 0 aromatic rings. The number of hydrogen-bond donors (Lipinski definition) is 3. The van der Waals surface area contributed by atoms with Crippen molar-refractivity contribution in [3.63, 3.8) is 0 Å². The highest BCUT2D eigenvalue weighted by atomic mass is 16.4. The summed E-state index contributed by atoms with van der Waals surface area (Å²) in [6, 6.07) is 0.0137. The topological polar surface area (TPSA) is 89.9 Å². The number of carboxylic acids is 2. The maximum absolute atomic E-state index is 11.0. The summed E-state index contributed by atoms with van der Waals surface area (Å²) in [6.07, 6.45) is 2.10. The highest BCUT2D eigenvalue weighted by Gasteiger charge is 2.29. The predicted molar refractivity (Wildman–Crippen MR) is 71.1 cm³/mol. The summed E-state index contributed by atoms with van der Waals surface area (Å²) in [5, 5.41) is 20.5. The minimum absolute atomic E-state index is 0.0137. The van der Waals surface area contributed by atoms with Crippen molar-refractivity contribution < 1.29 is 19.8 Å². The molecule has 1 saturated heterocycles. The minimum atomic E-state index is -0.847. The van der Waals surface area contributed by atoms with Crippen LogP contribution in [0.4, 0.5) is 0 Å². The lowest BCUT2D eigenvalue weighted by Gasteiger charge is -2.38. The second-order valence-corrected chi connectivity index (χ2v) is 5.40. The van der Waals surface area contributed by atoms with Gasteiger partial charge in [0, 0.05) is 12.6 Å². The summed E-state index contributed by atoms with van der Waals surface area (Å²) >= 11 is 0. The van der Waals surface area contributed by atoms with Crippen LogP contribution in [0, 0.1) is 11.8 Å². The second-order valence-electron chi connectivity index (χ2n) is 5.40. The molecule has 110 valence electrons. The average Bonchev–Trinajstić information content (AvgIpc) is 2.36. The fraction of sp³-hybridized carbons (Fsp3) is 0.846. The van der Waals surface area contributed by atoms with Crippen molar-refractivity contribution in [3.05, 3.63) is 0 Å². The molecule has 1 aliphatic heterocycles. The van der Waals surface area contributed by atoms with Gasteiger partial charge in [-0.05, 0) is 38.8 Å². The van der Waals surface area contributed by atoms with Crippen molar-refractivity contribution in [3.8, 4) is 0 Å². The molecule has 3 unspecified atom stereocenters. The molecule has 0 aromatic heterocycles. The molecular weight excluding hydrogens is 248 g/mol. The third-order valence-electron chi connectivity index (χ3n) is 3.95. The number of aliphatic carboxylic acids is 2. The van der Waals surface area contributed by atoms with Crippen LogP contribution in [-0.4, -0.2) is 59.3 Å². The van der Waals surface area contributed by atoms with E-state index in [0.717, 1.165) is 25.9 Å². The zero-order chi connectivity index (χ0) is 14.4. The summed E-state index contributed by atoms with van der Waals surface area (Å²) in [7, 11) is 0. The molecule has 6 nitrogen and oxygen atoms in total.